The Labute approximate surface area is 253 Å². The molecule has 226 valence electrons. The molecule has 9 nitrogen and oxygen atoms in total. The Kier molecular flexibility index (Phi) is 8.15. The summed E-state index contributed by atoms with van der Waals surface area (Å²) in [5.41, 5.74) is 0.437. The lowest BCUT2D eigenvalue weighted by Gasteiger charge is -2.39. The highest BCUT2D eigenvalue weighted by atomic mass is 19.1. The first-order chi connectivity index (χ1) is 21.3. The molecule has 2 heterocycles. The van der Waals surface area contributed by atoms with Crippen LogP contribution in [0.4, 0.5) is 15.8 Å². The average molecular weight is 597 g/mol. The normalized spacial score (nSPS) is 18.1. The predicted molar refractivity (Wildman–Crippen MR) is 164 cm³/mol. The lowest BCUT2D eigenvalue weighted by atomic mass is 9.80. The summed E-state index contributed by atoms with van der Waals surface area (Å²) in [6.45, 7) is 0.442. The van der Waals surface area contributed by atoms with Crippen LogP contribution in [0.5, 0.6) is 0 Å². The van der Waals surface area contributed by atoms with Gasteiger partial charge < -0.3 is 25.3 Å². The first-order valence-corrected chi connectivity index (χ1v) is 14.9. The van der Waals surface area contributed by atoms with Gasteiger partial charge in [0.1, 0.15) is 16.9 Å². The van der Waals surface area contributed by atoms with Gasteiger partial charge in [0.15, 0.2) is 11.5 Å². The zero-order valence-corrected chi connectivity index (χ0v) is 24.1. The van der Waals surface area contributed by atoms with Crippen LogP contribution in [-0.2, 0) is 9.59 Å². The van der Waals surface area contributed by atoms with E-state index in [9.17, 15) is 23.6 Å². The molecule has 1 saturated carbocycles. The Balaban J connectivity index is 1.13. The Hall–Kier alpha value is -4.99. The van der Waals surface area contributed by atoms with Crippen LogP contribution in [0, 0.1) is 5.82 Å². The quantitative estimate of drug-likeness (QED) is 0.269. The van der Waals surface area contributed by atoms with Crippen LogP contribution in [-0.4, -0.2) is 48.2 Å². The van der Waals surface area contributed by atoms with Gasteiger partial charge >= 0.3 is 0 Å². The number of amides is 3. The molecule has 3 amide bonds. The highest BCUT2D eigenvalue weighted by Crippen LogP contribution is 2.31. The van der Waals surface area contributed by atoms with Crippen molar-refractivity contribution in [3.63, 3.8) is 0 Å². The first kappa shape index (κ1) is 29.1. The number of Topliss-reactive ketones (excluding diaryl/α,β-unsaturated/α-hetero) is 1. The number of hydrogen-bond acceptors (Lipinski definition) is 6. The molecule has 1 atom stereocenters. The molecule has 3 aromatic carbocycles. The second kappa shape index (κ2) is 12.3. The maximum absolute atomic E-state index is 14.2. The van der Waals surface area contributed by atoms with Gasteiger partial charge in [-0.3, -0.25) is 19.2 Å². The Morgan fingerprint density at radius 3 is 2.39 bits per heavy atom. The fourth-order valence-electron chi connectivity index (χ4n) is 6.10. The topological polar surface area (TPSA) is 121 Å². The minimum absolute atomic E-state index is 0.00979. The van der Waals surface area contributed by atoms with E-state index >= 15 is 0 Å². The number of ketones is 1. The molecule has 6 rings (SSSR count). The molecule has 1 aromatic heterocycles. The van der Waals surface area contributed by atoms with Gasteiger partial charge in [0, 0.05) is 11.9 Å². The number of hydrogen-bond donors (Lipinski definition) is 3. The Bertz CT molecular complexity index is 1690. The Morgan fingerprint density at radius 2 is 1.61 bits per heavy atom. The van der Waals surface area contributed by atoms with Crippen LogP contribution < -0.4 is 20.9 Å². The number of halogens is 1. The number of fused-ring (bicyclic) bond motifs is 1. The maximum Gasteiger partial charge on any atom is 0.287 e. The second-order valence-electron chi connectivity index (χ2n) is 11.4. The van der Waals surface area contributed by atoms with Gasteiger partial charge in [-0.2, -0.15) is 0 Å². The van der Waals surface area contributed by atoms with Crippen molar-refractivity contribution in [3.05, 3.63) is 96.0 Å². The molecule has 10 heteroatoms. The fraction of sp³-hybridized carbons (Fsp3) is 0.294. The van der Waals surface area contributed by atoms with E-state index in [1.54, 1.807) is 42.5 Å². The standard InChI is InChI=1S/C34H33FN4O5/c35-24-12-4-3-11-23(24)31(41)36-25-13-5-6-14-27(25)39-19-16-26(28(40)21-39)37-33(43)34(17-8-1-9-18-34)38-32(42)30-20-22-10-2-7-15-29(22)44-30/h2-7,10-15,20,26H,1,8-9,16-19,21H2,(H,36,41)(H,37,43)(H,38,42). The van der Waals surface area contributed by atoms with Crippen molar-refractivity contribution in [2.24, 2.45) is 0 Å². The van der Waals surface area contributed by atoms with Crippen LogP contribution in [0.15, 0.2) is 83.3 Å². The molecule has 0 radical (unpaired) electrons. The number of anilines is 2. The molecular weight excluding hydrogens is 563 g/mol. The number of piperidine rings is 1. The summed E-state index contributed by atoms with van der Waals surface area (Å²) in [7, 11) is 0. The molecule has 1 aliphatic heterocycles. The molecule has 44 heavy (non-hydrogen) atoms. The molecule has 0 spiro atoms. The van der Waals surface area contributed by atoms with Gasteiger partial charge in [-0.1, -0.05) is 61.7 Å². The SMILES string of the molecule is O=C(NC1(C(=O)NC2CCN(c3ccccc3NC(=O)c3ccccc3F)CC2=O)CCCCC1)c1cc2ccccc2o1. The van der Waals surface area contributed by atoms with Crippen LogP contribution in [0.25, 0.3) is 11.0 Å². The summed E-state index contributed by atoms with van der Waals surface area (Å²) in [5.74, 6) is -2.10. The molecule has 1 unspecified atom stereocenters. The molecule has 3 N–H and O–H groups in total. The number of rotatable bonds is 7. The predicted octanol–water partition coefficient (Wildman–Crippen LogP) is 5.22. The second-order valence-corrected chi connectivity index (χ2v) is 11.4. The van der Waals surface area contributed by atoms with Crippen LogP contribution >= 0.6 is 0 Å². The summed E-state index contributed by atoms with van der Waals surface area (Å²) < 4.78 is 19.9. The molecule has 2 fully saturated rings. The van der Waals surface area contributed by atoms with E-state index in [0.717, 1.165) is 24.6 Å². The summed E-state index contributed by atoms with van der Waals surface area (Å²) >= 11 is 0. The largest absolute Gasteiger partial charge is 0.451 e. The van der Waals surface area contributed by atoms with Crippen LogP contribution in [0.2, 0.25) is 0 Å². The summed E-state index contributed by atoms with van der Waals surface area (Å²) in [4.78, 5) is 55.0. The molecular formula is C34H33FN4O5. The van der Waals surface area contributed by atoms with E-state index in [4.69, 9.17) is 4.42 Å². The maximum atomic E-state index is 14.2. The highest BCUT2D eigenvalue weighted by molar-refractivity contribution is 6.06. The summed E-state index contributed by atoms with van der Waals surface area (Å²) in [6, 6.07) is 21.0. The van der Waals surface area contributed by atoms with E-state index in [-0.39, 0.29) is 29.6 Å². The number of nitrogens with zero attached hydrogens (tertiary/aromatic N) is 1. The third-order valence-electron chi connectivity index (χ3n) is 8.48. The van der Waals surface area contributed by atoms with E-state index in [1.165, 1.54) is 18.2 Å². The zero-order valence-electron chi connectivity index (χ0n) is 24.1. The monoisotopic (exact) mass is 596 g/mol. The van der Waals surface area contributed by atoms with Crippen molar-refractivity contribution in [1.29, 1.82) is 0 Å². The minimum atomic E-state index is -1.14. The number of nitrogens with one attached hydrogen (secondary N) is 3. The van der Waals surface area contributed by atoms with Gasteiger partial charge in [-0.25, -0.2) is 4.39 Å². The van der Waals surface area contributed by atoms with Crippen molar-refractivity contribution in [1.82, 2.24) is 10.6 Å². The number of carbonyl (C=O) groups excluding carboxylic acids is 4. The Morgan fingerprint density at radius 1 is 0.886 bits per heavy atom. The van der Waals surface area contributed by atoms with Crippen molar-refractivity contribution in [3.8, 4) is 0 Å². The van der Waals surface area contributed by atoms with Crippen molar-refractivity contribution in [2.75, 3.05) is 23.3 Å². The van der Waals surface area contributed by atoms with E-state index < -0.39 is 29.2 Å². The number of furan rings is 1. The van der Waals surface area contributed by atoms with E-state index in [0.29, 0.717) is 42.8 Å². The van der Waals surface area contributed by atoms with Crippen LogP contribution in [0.3, 0.4) is 0 Å². The van der Waals surface area contributed by atoms with Gasteiger partial charge in [-0.15, -0.1) is 0 Å². The third kappa shape index (κ3) is 5.92. The average Bonchev–Trinajstić information content (AvgIpc) is 3.48. The van der Waals surface area contributed by atoms with Crippen molar-refractivity contribution < 1.29 is 28.0 Å². The zero-order chi connectivity index (χ0) is 30.7. The molecule has 4 aromatic rings. The van der Waals surface area contributed by atoms with E-state index in [1.807, 2.05) is 23.1 Å². The van der Waals surface area contributed by atoms with Gasteiger partial charge in [0.25, 0.3) is 11.8 Å². The summed E-state index contributed by atoms with van der Waals surface area (Å²) in [5, 5.41) is 9.45. The van der Waals surface area contributed by atoms with Gasteiger partial charge in [-0.05, 0) is 55.7 Å². The minimum Gasteiger partial charge on any atom is -0.451 e. The number of carbonyl (C=O) groups is 4. The third-order valence-corrected chi connectivity index (χ3v) is 8.48. The lowest BCUT2D eigenvalue weighted by molar-refractivity contribution is -0.133. The van der Waals surface area contributed by atoms with Crippen molar-refractivity contribution in [2.45, 2.75) is 50.1 Å². The number of para-hydroxylation sites is 3. The molecule has 0 bridgehead atoms. The number of benzene rings is 3. The lowest BCUT2D eigenvalue weighted by Crippen LogP contribution is -2.63. The van der Waals surface area contributed by atoms with Gasteiger partial charge in [0.2, 0.25) is 5.91 Å². The fourth-order valence-corrected chi connectivity index (χ4v) is 6.10. The van der Waals surface area contributed by atoms with Gasteiger partial charge in [0.05, 0.1) is 29.5 Å². The first-order valence-electron chi connectivity index (χ1n) is 14.9. The molecule has 1 saturated heterocycles. The summed E-state index contributed by atoms with van der Waals surface area (Å²) in [6.07, 6.45) is 3.78. The van der Waals surface area contributed by atoms with Crippen LogP contribution in [0.1, 0.15) is 59.4 Å². The molecule has 2 aliphatic rings. The smallest absolute Gasteiger partial charge is 0.287 e. The highest BCUT2D eigenvalue weighted by Gasteiger charge is 2.43. The molecule has 1 aliphatic carbocycles. The van der Waals surface area contributed by atoms with E-state index in [2.05, 4.69) is 16.0 Å². The van der Waals surface area contributed by atoms with Crippen molar-refractivity contribution >= 4 is 45.8 Å².